The van der Waals surface area contributed by atoms with Gasteiger partial charge in [0.2, 0.25) is 0 Å². The Morgan fingerprint density at radius 3 is 2.67 bits per heavy atom. The number of halogens is 1. The van der Waals surface area contributed by atoms with Crippen molar-refractivity contribution in [3.63, 3.8) is 0 Å². The van der Waals surface area contributed by atoms with Crippen LogP contribution in [0.4, 0.5) is 9.52 Å². The number of hydrogen-bond donors (Lipinski definition) is 1. The minimum atomic E-state index is -0.342. The summed E-state index contributed by atoms with van der Waals surface area (Å²) in [5, 5.41) is 3.22. The molecule has 0 bridgehead atoms. The number of amides is 2. The summed E-state index contributed by atoms with van der Waals surface area (Å²) in [7, 11) is 3.29. The SMILES string of the molecule is Cc1nc(NC(=O)c2cccc(OCC(=O)N(C)C)c2)sc1Cc1ccccc1F. The summed E-state index contributed by atoms with van der Waals surface area (Å²) in [5.74, 6) is -0.357. The molecule has 3 aromatic rings. The molecule has 0 unspecified atom stereocenters. The van der Waals surface area contributed by atoms with Crippen molar-refractivity contribution in [2.45, 2.75) is 13.3 Å². The highest BCUT2D eigenvalue weighted by Gasteiger charge is 2.14. The Balaban J connectivity index is 1.67. The van der Waals surface area contributed by atoms with Crippen LogP contribution in [-0.2, 0) is 11.2 Å². The monoisotopic (exact) mass is 427 g/mol. The Hall–Kier alpha value is -3.26. The van der Waals surface area contributed by atoms with Crippen molar-refractivity contribution >= 4 is 28.3 Å². The van der Waals surface area contributed by atoms with E-state index in [2.05, 4.69) is 10.3 Å². The minimum absolute atomic E-state index is 0.108. The normalized spacial score (nSPS) is 10.5. The van der Waals surface area contributed by atoms with Gasteiger partial charge < -0.3 is 9.64 Å². The summed E-state index contributed by atoms with van der Waals surface area (Å²) in [6.07, 6.45) is 0.412. The van der Waals surface area contributed by atoms with Crippen LogP contribution in [0, 0.1) is 12.7 Å². The van der Waals surface area contributed by atoms with Crippen LogP contribution in [-0.4, -0.2) is 42.4 Å². The second-order valence-electron chi connectivity index (χ2n) is 6.85. The number of benzene rings is 2. The Bertz CT molecular complexity index is 1070. The highest BCUT2D eigenvalue weighted by atomic mass is 32.1. The lowest BCUT2D eigenvalue weighted by molar-refractivity contribution is -0.130. The highest BCUT2D eigenvalue weighted by molar-refractivity contribution is 7.15. The van der Waals surface area contributed by atoms with Crippen LogP contribution >= 0.6 is 11.3 Å². The molecule has 6 nitrogen and oxygen atoms in total. The summed E-state index contributed by atoms with van der Waals surface area (Å²) in [6, 6.07) is 13.2. The van der Waals surface area contributed by atoms with Gasteiger partial charge in [-0.25, -0.2) is 9.37 Å². The summed E-state index contributed by atoms with van der Waals surface area (Å²) >= 11 is 1.32. The van der Waals surface area contributed by atoms with Crippen molar-refractivity contribution in [2.75, 3.05) is 26.0 Å². The minimum Gasteiger partial charge on any atom is -0.484 e. The average molecular weight is 428 g/mol. The first-order chi connectivity index (χ1) is 14.3. The molecule has 0 fully saturated rings. The number of rotatable bonds is 7. The van der Waals surface area contributed by atoms with Gasteiger partial charge in [0.25, 0.3) is 11.8 Å². The molecular weight excluding hydrogens is 405 g/mol. The molecule has 0 radical (unpaired) electrons. The number of nitrogens with zero attached hydrogens (tertiary/aromatic N) is 2. The third-order valence-corrected chi connectivity index (χ3v) is 5.45. The number of carbonyl (C=O) groups is 2. The maximum absolute atomic E-state index is 13.9. The lowest BCUT2D eigenvalue weighted by Gasteiger charge is -2.11. The third-order valence-electron chi connectivity index (χ3n) is 4.38. The number of thiazole rings is 1. The quantitative estimate of drug-likeness (QED) is 0.621. The Labute approximate surface area is 178 Å². The first-order valence-corrected chi connectivity index (χ1v) is 10.1. The van der Waals surface area contributed by atoms with Crippen molar-refractivity contribution in [1.82, 2.24) is 9.88 Å². The second-order valence-corrected chi connectivity index (χ2v) is 7.94. The van der Waals surface area contributed by atoms with Crippen LogP contribution < -0.4 is 10.1 Å². The number of likely N-dealkylation sites (N-methyl/N-ethyl adjacent to an activating group) is 1. The molecule has 0 saturated carbocycles. The van der Waals surface area contributed by atoms with Crippen molar-refractivity contribution < 1.29 is 18.7 Å². The molecule has 0 atom stereocenters. The zero-order valence-corrected chi connectivity index (χ0v) is 17.8. The Kier molecular flexibility index (Phi) is 6.79. The van der Waals surface area contributed by atoms with Gasteiger partial charge in [-0.15, -0.1) is 11.3 Å². The van der Waals surface area contributed by atoms with Crippen LogP contribution in [0.5, 0.6) is 5.75 Å². The number of ether oxygens (including phenoxy) is 1. The van der Waals surface area contributed by atoms with Gasteiger partial charge in [-0.3, -0.25) is 14.9 Å². The van der Waals surface area contributed by atoms with E-state index in [1.54, 1.807) is 56.6 Å². The Morgan fingerprint density at radius 2 is 1.93 bits per heavy atom. The second kappa shape index (κ2) is 9.49. The van der Waals surface area contributed by atoms with E-state index in [-0.39, 0.29) is 24.2 Å². The first-order valence-electron chi connectivity index (χ1n) is 9.27. The fourth-order valence-electron chi connectivity index (χ4n) is 2.63. The van der Waals surface area contributed by atoms with Gasteiger partial charge in [-0.05, 0) is 36.8 Å². The topological polar surface area (TPSA) is 71.5 Å². The molecule has 30 heavy (non-hydrogen) atoms. The molecule has 2 amide bonds. The zero-order valence-electron chi connectivity index (χ0n) is 16.9. The van der Waals surface area contributed by atoms with E-state index in [4.69, 9.17) is 4.74 Å². The van der Waals surface area contributed by atoms with Gasteiger partial charge >= 0.3 is 0 Å². The molecule has 1 N–H and O–H groups in total. The number of aromatic nitrogens is 1. The summed E-state index contributed by atoms with van der Waals surface area (Å²) < 4.78 is 19.4. The molecule has 0 aliphatic carbocycles. The molecule has 0 aliphatic heterocycles. The molecule has 2 aromatic carbocycles. The van der Waals surface area contributed by atoms with Gasteiger partial charge in [0, 0.05) is 31.0 Å². The van der Waals surface area contributed by atoms with Crippen molar-refractivity contribution in [2.24, 2.45) is 0 Å². The molecule has 156 valence electrons. The van der Waals surface area contributed by atoms with Crippen LogP contribution in [0.2, 0.25) is 0 Å². The predicted molar refractivity (Wildman–Crippen MR) is 115 cm³/mol. The molecule has 3 rings (SSSR count). The van der Waals surface area contributed by atoms with Crippen LogP contribution in [0.15, 0.2) is 48.5 Å². The smallest absolute Gasteiger partial charge is 0.259 e. The molecule has 8 heteroatoms. The van der Waals surface area contributed by atoms with Gasteiger partial charge in [0.05, 0.1) is 5.69 Å². The molecule has 0 aliphatic rings. The number of nitrogens with one attached hydrogen (secondary N) is 1. The van der Waals surface area contributed by atoms with E-state index in [0.717, 1.165) is 10.6 Å². The highest BCUT2D eigenvalue weighted by Crippen LogP contribution is 2.26. The van der Waals surface area contributed by atoms with E-state index in [1.165, 1.54) is 22.3 Å². The standard InChI is InChI=1S/C22H22FN3O3S/c1-14-19(12-15-7-4-5-10-18(15)23)30-22(24-14)25-21(28)16-8-6-9-17(11-16)29-13-20(27)26(2)3/h4-11H,12-13H2,1-3H3,(H,24,25,28). The largest absolute Gasteiger partial charge is 0.484 e. The van der Waals surface area contributed by atoms with Gasteiger partial charge in [0.15, 0.2) is 11.7 Å². The molecule has 0 spiro atoms. The predicted octanol–water partition coefficient (Wildman–Crippen LogP) is 3.90. The Morgan fingerprint density at radius 1 is 1.17 bits per heavy atom. The van der Waals surface area contributed by atoms with Crippen molar-refractivity contribution in [1.29, 1.82) is 0 Å². The van der Waals surface area contributed by atoms with E-state index >= 15 is 0 Å². The fourth-order valence-corrected chi connectivity index (χ4v) is 3.61. The fraction of sp³-hybridized carbons (Fsp3) is 0.227. The number of carbonyl (C=O) groups excluding carboxylic acids is 2. The molecule has 1 heterocycles. The summed E-state index contributed by atoms with van der Waals surface area (Å²) in [6.45, 7) is 1.72. The lowest BCUT2D eigenvalue weighted by Crippen LogP contribution is -2.27. The van der Waals surface area contributed by atoms with Gasteiger partial charge in [0.1, 0.15) is 11.6 Å². The first kappa shape index (κ1) is 21.4. The van der Waals surface area contributed by atoms with Crippen molar-refractivity contribution in [3.8, 4) is 5.75 Å². The average Bonchev–Trinajstić information content (AvgIpc) is 3.06. The summed E-state index contributed by atoms with van der Waals surface area (Å²) in [5.41, 5.74) is 1.71. The van der Waals surface area contributed by atoms with Crippen LogP contribution in [0.3, 0.4) is 0 Å². The maximum Gasteiger partial charge on any atom is 0.259 e. The maximum atomic E-state index is 13.9. The van der Waals surface area contributed by atoms with E-state index in [1.807, 2.05) is 6.92 Å². The van der Waals surface area contributed by atoms with Crippen molar-refractivity contribution in [3.05, 3.63) is 76.0 Å². The molecule has 1 aromatic heterocycles. The van der Waals surface area contributed by atoms with Crippen LogP contribution in [0.1, 0.15) is 26.5 Å². The zero-order chi connectivity index (χ0) is 21.7. The van der Waals surface area contributed by atoms with Crippen LogP contribution in [0.25, 0.3) is 0 Å². The van der Waals surface area contributed by atoms with Gasteiger partial charge in [-0.2, -0.15) is 0 Å². The van der Waals surface area contributed by atoms with E-state index < -0.39 is 0 Å². The van der Waals surface area contributed by atoms with E-state index in [0.29, 0.717) is 28.4 Å². The lowest BCUT2D eigenvalue weighted by atomic mass is 10.1. The number of aryl methyl sites for hydroxylation is 1. The van der Waals surface area contributed by atoms with Gasteiger partial charge in [-0.1, -0.05) is 24.3 Å². The molecule has 0 saturated heterocycles. The number of anilines is 1. The third kappa shape index (κ3) is 5.42. The molecular formula is C22H22FN3O3S. The number of hydrogen-bond acceptors (Lipinski definition) is 5. The van der Waals surface area contributed by atoms with E-state index in [9.17, 15) is 14.0 Å². The summed E-state index contributed by atoms with van der Waals surface area (Å²) in [4.78, 5) is 31.0.